The summed E-state index contributed by atoms with van der Waals surface area (Å²) in [6.07, 6.45) is 1.67. The molecule has 0 spiro atoms. The molecular weight excluding hydrogens is 366 g/mol. The van der Waals surface area contributed by atoms with E-state index >= 15 is 0 Å². The van der Waals surface area contributed by atoms with E-state index in [0.29, 0.717) is 11.8 Å². The van der Waals surface area contributed by atoms with E-state index in [1.165, 1.54) is 5.69 Å². The molecule has 0 radical (unpaired) electrons. The molecule has 2 aromatic carbocycles. The average Bonchev–Trinajstić information content (AvgIpc) is 2.71. The molecule has 0 amide bonds. The highest BCUT2D eigenvalue weighted by Crippen LogP contribution is 2.25. The maximum Gasteiger partial charge on any atom is 0.335 e. The van der Waals surface area contributed by atoms with Gasteiger partial charge >= 0.3 is 5.97 Å². The van der Waals surface area contributed by atoms with E-state index in [1.54, 1.807) is 36.5 Å². The van der Waals surface area contributed by atoms with Crippen molar-refractivity contribution in [3.8, 4) is 0 Å². The fourth-order valence-corrected chi connectivity index (χ4v) is 3.03. The van der Waals surface area contributed by atoms with Gasteiger partial charge in [-0.15, -0.1) is 0 Å². The number of aryl methyl sites for hydroxylation is 1. The molecule has 7 heteroatoms. The van der Waals surface area contributed by atoms with Crippen molar-refractivity contribution in [1.82, 2.24) is 9.97 Å². The Hall–Kier alpha value is -3.61. The van der Waals surface area contributed by atoms with Crippen LogP contribution in [0.3, 0.4) is 0 Å². The van der Waals surface area contributed by atoms with Crippen LogP contribution >= 0.6 is 0 Å². The zero-order chi connectivity index (χ0) is 20.8. The summed E-state index contributed by atoms with van der Waals surface area (Å²) in [7, 11) is 0. The number of hydrogen-bond donors (Lipinski definition) is 3. The lowest BCUT2D eigenvalue weighted by atomic mass is 10.1. The molecule has 3 aromatic rings. The molecule has 0 fully saturated rings. The van der Waals surface area contributed by atoms with Crippen molar-refractivity contribution >= 4 is 34.8 Å². The van der Waals surface area contributed by atoms with Crippen LogP contribution in [-0.4, -0.2) is 34.1 Å². The van der Waals surface area contributed by atoms with Crippen molar-refractivity contribution in [3.63, 3.8) is 0 Å². The van der Waals surface area contributed by atoms with Crippen LogP contribution < -0.4 is 15.5 Å². The Morgan fingerprint density at radius 1 is 1.03 bits per heavy atom. The van der Waals surface area contributed by atoms with Crippen LogP contribution in [0.2, 0.25) is 0 Å². The maximum atomic E-state index is 11.0. The molecule has 0 aliphatic rings. The summed E-state index contributed by atoms with van der Waals surface area (Å²) in [6.45, 7) is 8.28. The zero-order valence-corrected chi connectivity index (χ0v) is 16.8. The van der Waals surface area contributed by atoms with Crippen LogP contribution in [0.4, 0.5) is 28.8 Å². The fraction of sp³-hybridized carbons (Fsp3) is 0.227. The van der Waals surface area contributed by atoms with E-state index in [4.69, 9.17) is 5.11 Å². The first-order chi connectivity index (χ1) is 14.0. The Morgan fingerprint density at radius 3 is 2.38 bits per heavy atom. The normalized spacial score (nSPS) is 10.4. The summed E-state index contributed by atoms with van der Waals surface area (Å²) in [5.74, 6) is 0.145. The molecule has 29 heavy (non-hydrogen) atoms. The van der Waals surface area contributed by atoms with Gasteiger partial charge in [0.05, 0.1) is 5.56 Å². The van der Waals surface area contributed by atoms with E-state index in [0.717, 1.165) is 30.0 Å². The van der Waals surface area contributed by atoms with Crippen LogP contribution in [0.5, 0.6) is 0 Å². The second-order valence-electron chi connectivity index (χ2n) is 6.57. The molecule has 0 bridgehead atoms. The summed E-state index contributed by atoms with van der Waals surface area (Å²) < 4.78 is 0. The smallest absolute Gasteiger partial charge is 0.335 e. The van der Waals surface area contributed by atoms with Crippen molar-refractivity contribution in [1.29, 1.82) is 0 Å². The van der Waals surface area contributed by atoms with Crippen LogP contribution in [-0.2, 0) is 0 Å². The van der Waals surface area contributed by atoms with Crippen molar-refractivity contribution < 1.29 is 9.90 Å². The first-order valence-corrected chi connectivity index (χ1v) is 9.56. The van der Waals surface area contributed by atoms with E-state index in [1.807, 2.05) is 6.07 Å². The van der Waals surface area contributed by atoms with Gasteiger partial charge in [0.1, 0.15) is 5.82 Å². The number of aromatic carboxylic acids is 1. The Balaban J connectivity index is 1.73. The van der Waals surface area contributed by atoms with Crippen molar-refractivity contribution in [2.45, 2.75) is 20.8 Å². The van der Waals surface area contributed by atoms with E-state index in [2.05, 4.69) is 58.4 Å². The van der Waals surface area contributed by atoms with Gasteiger partial charge in [0.15, 0.2) is 0 Å². The van der Waals surface area contributed by atoms with Gasteiger partial charge in [-0.2, -0.15) is 4.98 Å². The van der Waals surface area contributed by atoms with Gasteiger partial charge in [-0.1, -0.05) is 0 Å². The first-order valence-electron chi connectivity index (χ1n) is 9.56. The Kier molecular flexibility index (Phi) is 6.29. The van der Waals surface area contributed by atoms with E-state index in [-0.39, 0.29) is 5.56 Å². The zero-order valence-electron chi connectivity index (χ0n) is 16.8. The molecule has 7 nitrogen and oxygen atoms in total. The van der Waals surface area contributed by atoms with E-state index in [9.17, 15) is 4.79 Å². The van der Waals surface area contributed by atoms with Gasteiger partial charge in [-0.05, 0) is 74.9 Å². The number of carboxylic acids is 1. The largest absolute Gasteiger partial charge is 0.478 e. The number of carbonyl (C=O) groups is 1. The second kappa shape index (κ2) is 9.05. The van der Waals surface area contributed by atoms with E-state index < -0.39 is 5.97 Å². The molecule has 1 heterocycles. The van der Waals surface area contributed by atoms with Gasteiger partial charge in [-0.3, -0.25) is 0 Å². The third-order valence-corrected chi connectivity index (χ3v) is 4.64. The minimum absolute atomic E-state index is 0.240. The number of rotatable bonds is 8. The molecule has 0 unspecified atom stereocenters. The van der Waals surface area contributed by atoms with Crippen molar-refractivity contribution in [2.24, 2.45) is 0 Å². The number of aromatic nitrogens is 2. The Morgan fingerprint density at radius 2 is 1.76 bits per heavy atom. The third kappa shape index (κ3) is 5.01. The average molecular weight is 391 g/mol. The molecule has 0 aliphatic heterocycles. The summed E-state index contributed by atoms with van der Waals surface area (Å²) in [5.41, 5.74) is 4.24. The lowest BCUT2D eigenvalue weighted by molar-refractivity contribution is 0.0697. The first kappa shape index (κ1) is 20.1. The lowest BCUT2D eigenvalue weighted by Crippen LogP contribution is -2.21. The number of anilines is 5. The lowest BCUT2D eigenvalue weighted by Gasteiger charge is -2.22. The molecule has 3 N–H and O–H groups in total. The highest BCUT2D eigenvalue weighted by molar-refractivity contribution is 5.88. The minimum atomic E-state index is -0.951. The van der Waals surface area contributed by atoms with Gasteiger partial charge in [-0.25, -0.2) is 9.78 Å². The van der Waals surface area contributed by atoms with Gasteiger partial charge in [0, 0.05) is 36.3 Å². The van der Waals surface area contributed by atoms with Crippen LogP contribution in [0.25, 0.3) is 0 Å². The van der Waals surface area contributed by atoms with Crippen LogP contribution in [0.1, 0.15) is 29.8 Å². The third-order valence-electron chi connectivity index (χ3n) is 4.64. The molecular formula is C22H25N5O2. The molecule has 0 saturated carbocycles. The number of benzene rings is 2. The SMILES string of the molecule is CCN(CC)c1ccc(Nc2nccc(Nc3ccc(C(=O)O)cc3)n2)c(C)c1. The number of nitrogens with zero attached hydrogens (tertiary/aromatic N) is 3. The Bertz CT molecular complexity index is 985. The quantitative estimate of drug-likeness (QED) is 0.507. The summed E-state index contributed by atoms with van der Waals surface area (Å²) in [4.78, 5) is 22.0. The molecule has 0 atom stereocenters. The molecule has 150 valence electrons. The molecule has 3 rings (SSSR count). The molecule has 0 aliphatic carbocycles. The van der Waals surface area contributed by atoms with Crippen molar-refractivity contribution in [3.05, 3.63) is 65.9 Å². The van der Waals surface area contributed by atoms with Crippen molar-refractivity contribution in [2.75, 3.05) is 28.6 Å². The highest BCUT2D eigenvalue weighted by Gasteiger charge is 2.07. The monoisotopic (exact) mass is 391 g/mol. The Labute approximate surface area is 170 Å². The standard InChI is InChI=1S/C22H25N5O2/c1-4-27(5-2)18-10-11-19(15(3)14-18)25-22-23-13-12-20(26-22)24-17-8-6-16(7-9-17)21(28)29/h6-14H,4-5H2,1-3H3,(H,28,29)(H2,23,24,25,26). The van der Waals surface area contributed by atoms with Crippen LogP contribution in [0.15, 0.2) is 54.7 Å². The topological polar surface area (TPSA) is 90.4 Å². The fourth-order valence-electron chi connectivity index (χ4n) is 3.03. The summed E-state index contributed by atoms with van der Waals surface area (Å²) >= 11 is 0. The summed E-state index contributed by atoms with van der Waals surface area (Å²) in [5, 5.41) is 15.4. The maximum absolute atomic E-state index is 11.0. The minimum Gasteiger partial charge on any atom is -0.478 e. The van der Waals surface area contributed by atoms with Gasteiger partial charge in [0.2, 0.25) is 5.95 Å². The predicted octanol–water partition coefficient (Wildman–Crippen LogP) is 4.82. The van der Waals surface area contributed by atoms with Gasteiger partial charge in [0.25, 0.3) is 0 Å². The highest BCUT2D eigenvalue weighted by atomic mass is 16.4. The number of hydrogen-bond acceptors (Lipinski definition) is 6. The second-order valence-corrected chi connectivity index (χ2v) is 6.57. The predicted molar refractivity (Wildman–Crippen MR) is 117 cm³/mol. The molecule has 1 aromatic heterocycles. The number of nitrogens with one attached hydrogen (secondary N) is 2. The summed E-state index contributed by atoms with van der Waals surface area (Å²) in [6, 6.07) is 14.5. The van der Waals surface area contributed by atoms with Gasteiger partial charge < -0.3 is 20.6 Å². The van der Waals surface area contributed by atoms with Crippen LogP contribution in [0, 0.1) is 6.92 Å². The molecule has 0 saturated heterocycles. The number of carboxylic acid groups (broad SMARTS) is 1.